The van der Waals surface area contributed by atoms with Crippen molar-refractivity contribution >= 4 is 6.21 Å². The Hall–Kier alpha value is -1.81. The molecule has 20 heavy (non-hydrogen) atoms. The molecule has 0 amide bonds. The largest absolute Gasteiger partial charge is 0.295 e. The van der Waals surface area contributed by atoms with Crippen molar-refractivity contribution in [3.8, 4) is 0 Å². The zero-order chi connectivity index (χ0) is 13.8. The van der Waals surface area contributed by atoms with Gasteiger partial charge in [-0.1, -0.05) is 17.7 Å². The second kappa shape index (κ2) is 6.09. The third-order valence-electron chi connectivity index (χ3n) is 3.89. The third-order valence-corrected chi connectivity index (χ3v) is 3.89. The van der Waals surface area contributed by atoms with Gasteiger partial charge >= 0.3 is 0 Å². The lowest BCUT2D eigenvalue weighted by molar-refractivity contribution is 0.281. The maximum atomic E-state index is 4.25. The van der Waals surface area contributed by atoms with Gasteiger partial charge in [-0.3, -0.25) is 9.89 Å². The summed E-state index contributed by atoms with van der Waals surface area (Å²) in [7, 11) is 0. The molecule has 2 aliphatic rings. The molecule has 0 aromatic carbocycles. The third kappa shape index (κ3) is 3.20. The lowest BCUT2D eigenvalue weighted by Gasteiger charge is -2.28. The number of aliphatic imine (C=N–C) groups is 1. The molecular formula is C16H20N4. The van der Waals surface area contributed by atoms with E-state index in [1.54, 1.807) is 0 Å². The Labute approximate surface area is 120 Å². The Balaban J connectivity index is 1.57. The van der Waals surface area contributed by atoms with Gasteiger partial charge in [-0.15, -0.1) is 0 Å². The predicted octanol–water partition coefficient (Wildman–Crippen LogP) is 2.52. The summed E-state index contributed by atoms with van der Waals surface area (Å²) in [5.41, 5.74) is 2.73. The van der Waals surface area contributed by atoms with Crippen LogP contribution in [0.4, 0.5) is 0 Å². The van der Waals surface area contributed by atoms with E-state index in [2.05, 4.69) is 38.2 Å². The van der Waals surface area contributed by atoms with Crippen LogP contribution in [0.5, 0.6) is 0 Å². The summed E-state index contributed by atoms with van der Waals surface area (Å²) in [6, 6.07) is 0. The minimum Gasteiger partial charge on any atom is -0.295 e. The number of aromatic nitrogens is 2. The highest BCUT2D eigenvalue weighted by Gasteiger charge is 2.18. The molecule has 0 N–H and O–H groups in total. The molecule has 0 radical (unpaired) electrons. The summed E-state index contributed by atoms with van der Waals surface area (Å²) in [5, 5.41) is 0. The van der Waals surface area contributed by atoms with Gasteiger partial charge in [0.25, 0.3) is 0 Å². The van der Waals surface area contributed by atoms with Gasteiger partial charge in [-0.05, 0) is 19.8 Å². The molecule has 0 bridgehead atoms. The molecule has 1 atom stereocenters. The lowest BCUT2D eigenvalue weighted by Crippen LogP contribution is -2.30. The van der Waals surface area contributed by atoms with E-state index in [4.69, 9.17) is 0 Å². The van der Waals surface area contributed by atoms with E-state index < -0.39 is 0 Å². The first kappa shape index (κ1) is 13.2. The summed E-state index contributed by atoms with van der Waals surface area (Å²) in [6.45, 7) is 4.97. The van der Waals surface area contributed by atoms with Gasteiger partial charge in [0, 0.05) is 55.9 Å². The van der Waals surface area contributed by atoms with Crippen LogP contribution >= 0.6 is 0 Å². The number of rotatable bonds is 3. The normalized spacial score (nSPS) is 22.9. The predicted molar refractivity (Wildman–Crippen MR) is 80.5 cm³/mol. The Morgan fingerprint density at radius 3 is 2.80 bits per heavy atom. The van der Waals surface area contributed by atoms with E-state index >= 15 is 0 Å². The molecule has 3 rings (SSSR count). The van der Waals surface area contributed by atoms with Crippen molar-refractivity contribution in [2.75, 3.05) is 13.1 Å². The summed E-state index contributed by atoms with van der Waals surface area (Å²) in [6.07, 6.45) is 14.6. The molecule has 3 heterocycles. The fraction of sp³-hybridized carbons (Fsp3) is 0.438. The molecule has 4 heteroatoms. The van der Waals surface area contributed by atoms with Crippen LogP contribution in [0.2, 0.25) is 0 Å². The van der Waals surface area contributed by atoms with E-state index in [1.807, 2.05) is 25.5 Å². The number of hydrogen-bond donors (Lipinski definition) is 0. The van der Waals surface area contributed by atoms with Crippen LogP contribution in [0, 0.1) is 12.8 Å². The van der Waals surface area contributed by atoms with Gasteiger partial charge in [0.1, 0.15) is 5.82 Å². The van der Waals surface area contributed by atoms with E-state index in [0.717, 1.165) is 38.3 Å². The zero-order valence-electron chi connectivity index (χ0n) is 11.9. The van der Waals surface area contributed by atoms with Crippen molar-refractivity contribution in [3.63, 3.8) is 0 Å². The fourth-order valence-corrected chi connectivity index (χ4v) is 2.70. The maximum Gasteiger partial charge on any atom is 0.125 e. The quantitative estimate of drug-likeness (QED) is 0.791. The number of allylic oxidation sites excluding steroid dienone is 1. The number of nitrogens with zero attached hydrogens (tertiary/aromatic N) is 4. The second-order valence-corrected chi connectivity index (χ2v) is 5.43. The van der Waals surface area contributed by atoms with Crippen LogP contribution in [0.25, 0.3) is 0 Å². The first-order valence-corrected chi connectivity index (χ1v) is 7.18. The van der Waals surface area contributed by atoms with Gasteiger partial charge in [-0.25, -0.2) is 9.97 Å². The zero-order valence-corrected chi connectivity index (χ0v) is 11.9. The van der Waals surface area contributed by atoms with Crippen LogP contribution in [0.3, 0.4) is 0 Å². The first-order chi connectivity index (χ1) is 9.81. The molecule has 1 aromatic heterocycles. The topological polar surface area (TPSA) is 41.4 Å². The van der Waals surface area contributed by atoms with E-state index in [9.17, 15) is 0 Å². The Kier molecular flexibility index (Phi) is 4.02. The summed E-state index contributed by atoms with van der Waals surface area (Å²) in [5.74, 6) is 1.35. The maximum absolute atomic E-state index is 4.25. The lowest BCUT2D eigenvalue weighted by atomic mass is 9.91. The molecule has 0 saturated carbocycles. The standard InChI is InChI=1S/C16H20N4/c1-13-18-9-14(10-19-13)12-20-7-4-15(5-8-20)16-3-2-6-17-11-16/h2,4,6,9-11,16H,3,5,7-8,12H2,1H3. The summed E-state index contributed by atoms with van der Waals surface area (Å²) < 4.78 is 0. The van der Waals surface area contributed by atoms with Crippen molar-refractivity contribution in [1.29, 1.82) is 0 Å². The average Bonchev–Trinajstić information content (AvgIpc) is 2.51. The highest BCUT2D eigenvalue weighted by molar-refractivity contribution is 5.67. The van der Waals surface area contributed by atoms with Crippen molar-refractivity contribution < 1.29 is 0 Å². The van der Waals surface area contributed by atoms with Gasteiger partial charge in [0.2, 0.25) is 0 Å². The van der Waals surface area contributed by atoms with E-state index in [-0.39, 0.29) is 0 Å². The molecule has 0 aliphatic carbocycles. The minimum absolute atomic E-state index is 0.518. The van der Waals surface area contributed by atoms with Crippen LogP contribution in [-0.2, 0) is 6.54 Å². The van der Waals surface area contributed by atoms with Crippen LogP contribution in [0.1, 0.15) is 24.2 Å². The number of hydrogen-bond acceptors (Lipinski definition) is 4. The molecule has 0 spiro atoms. The molecule has 0 saturated heterocycles. The van der Waals surface area contributed by atoms with Gasteiger partial charge in [-0.2, -0.15) is 0 Å². The minimum atomic E-state index is 0.518. The van der Waals surface area contributed by atoms with Gasteiger partial charge in [0.15, 0.2) is 0 Å². The van der Waals surface area contributed by atoms with Crippen molar-refractivity contribution in [3.05, 3.63) is 47.7 Å². The molecule has 4 nitrogen and oxygen atoms in total. The van der Waals surface area contributed by atoms with Crippen molar-refractivity contribution in [2.45, 2.75) is 26.3 Å². The Bertz CT molecular complexity index is 542. The fourth-order valence-electron chi connectivity index (χ4n) is 2.70. The molecule has 0 fully saturated rings. The van der Waals surface area contributed by atoms with Crippen LogP contribution in [-0.4, -0.2) is 34.2 Å². The van der Waals surface area contributed by atoms with Gasteiger partial charge < -0.3 is 0 Å². The van der Waals surface area contributed by atoms with Crippen LogP contribution in [0.15, 0.2) is 41.3 Å². The smallest absolute Gasteiger partial charge is 0.125 e. The number of aryl methyl sites for hydroxylation is 1. The van der Waals surface area contributed by atoms with E-state index in [0.29, 0.717) is 5.92 Å². The Morgan fingerprint density at radius 1 is 1.30 bits per heavy atom. The molecule has 2 aliphatic heterocycles. The molecule has 1 aromatic rings. The SMILES string of the molecule is Cc1ncc(CN2CC=C(C3C=NC=CC3)CC2)cn1. The molecule has 104 valence electrons. The summed E-state index contributed by atoms with van der Waals surface area (Å²) in [4.78, 5) is 15.2. The molecular weight excluding hydrogens is 248 g/mol. The van der Waals surface area contributed by atoms with E-state index in [1.165, 1.54) is 11.1 Å². The monoisotopic (exact) mass is 268 g/mol. The average molecular weight is 268 g/mol. The van der Waals surface area contributed by atoms with Crippen molar-refractivity contribution in [1.82, 2.24) is 14.9 Å². The highest BCUT2D eigenvalue weighted by atomic mass is 15.1. The Morgan fingerprint density at radius 2 is 2.15 bits per heavy atom. The first-order valence-electron chi connectivity index (χ1n) is 7.18. The second-order valence-electron chi connectivity index (χ2n) is 5.43. The molecule has 1 unspecified atom stereocenters. The van der Waals surface area contributed by atoms with Crippen molar-refractivity contribution in [2.24, 2.45) is 10.9 Å². The summed E-state index contributed by atoms with van der Waals surface area (Å²) >= 11 is 0. The van der Waals surface area contributed by atoms with Crippen LogP contribution < -0.4 is 0 Å². The van der Waals surface area contributed by atoms with Gasteiger partial charge in [0.05, 0.1) is 0 Å². The highest BCUT2D eigenvalue weighted by Crippen LogP contribution is 2.23.